The Morgan fingerprint density at radius 3 is 2.13 bits per heavy atom. The van der Waals surface area contributed by atoms with Gasteiger partial charge in [-0.15, -0.1) is 0 Å². The van der Waals surface area contributed by atoms with Crippen LogP contribution in [0.5, 0.6) is 5.75 Å². The van der Waals surface area contributed by atoms with Crippen LogP contribution in [0.4, 0.5) is 0 Å². The van der Waals surface area contributed by atoms with Gasteiger partial charge in [-0.1, -0.05) is 60.7 Å². The zero-order chi connectivity index (χ0) is 21.6. The van der Waals surface area contributed by atoms with Gasteiger partial charge in [0.15, 0.2) is 0 Å². The van der Waals surface area contributed by atoms with Crippen molar-refractivity contribution < 1.29 is 4.74 Å². The molecule has 1 heterocycles. The van der Waals surface area contributed by atoms with E-state index in [2.05, 4.69) is 71.6 Å². The lowest BCUT2D eigenvalue weighted by molar-refractivity contribution is 0.000281. The first kappa shape index (κ1) is 20.7. The van der Waals surface area contributed by atoms with E-state index in [-0.39, 0.29) is 12.1 Å². The smallest absolute Gasteiger partial charge is 0.124 e. The number of hydrogen-bond donors (Lipinski definition) is 0. The summed E-state index contributed by atoms with van der Waals surface area (Å²) in [6.07, 6.45) is 4.02. The minimum atomic E-state index is 0.133. The summed E-state index contributed by atoms with van der Waals surface area (Å²) in [6.45, 7) is 1.72. The van der Waals surface area contributed by atoms with Crippen LogP contribution in [0.25, 0.3) is 6.08 Å². The molecular weight excluding hydrogens is 382 g/mol. The number of hydrogen-bond acceptors (Lipinski definition) is 4. The van der Waals surface area contributed by atoms with Gasteiger partial charge in [0.1, 0.15) is 11.9 Å². The number of ether oxygens (including phenoxy) is 1. The molecule has 0 atom stereocenters. The van der Waals surface area contributed by atoms with Crippen molar-refractivity contribution in [3.8, 4) is 11.8 Å². The molecule has 1 aliphatic heterocycles. The third-order valence-corrected chi connectivity index (χ3v) is 5.47. The number of nitrogens with zero attached hydrogens (tertiary/aromatic N) is 3. The van der Waals surface area contributed by atoms with E-state index in [1.165, 1.54) is 11.1 Å². The summed E-state index contributed by atoms with van der Waals surface area (Å²) < 4.78 is 6.25. The maximum Gasteiger partial charge on any atom is 0.124 e. The Kier molecular flexibility index (Phi) is 6.35. The minimum absolute atomic E-state index is 0.133. The fraction of sp³-hybridized carbons (Fsp3) is 0.222. The van der Waals surface area contributed by atoms with Crippen LogP contribution in [0.15, 0.2) is 85.1 Å². The molecule has 0 N–H and O–H groups in total. The first-order valence-electron chi connectivity index (χ1n) is 10.5. The van der Waals surface area contributed by atoms with Crippen molar-refractivity contribution >= 4 is 6.08 Å². The Morgan fingerprint density at radius 2 is 1.58 bits per heavy atom. The minimum Gasteiger partial charge on any atom is -0.488 e. The highest BCUT2D eigenvalue weighted by molar-refractivity contribution is 5.60. The number of nitriles is 1. The molecule has 0 amide bonds. The van der Waals surface area contributed by atoms with Crippen molar-refractivity contribution in [2.75, 3.05) is 27.2 Å². The molecule has 1 fully saturated rings. The van der Waals surface area contributed by atoms with Crippen molar-refractivity contribution in [2.45, 2.75) is 12.1 Å². The lowest BCUT2D eigenvalue weighted by Crippen LogP contribution is -2.55. The van der Waals surface area contributed by atoms with Crippen LogP contribution in [-0.2, 0) is 0 Å². The molecular formula is C27H27N3O. The van der Waals surface area contributed by atoms with Crippen molar-refractivity contribution in [3.63, 3.8) is 0 Å². The van der Waals surface area contributed by atoms with Gasteiger partial charge in [-0.25, -0.2) is 0 Å². The van der Waals surface area contributed by atoms with Gasteiger partial charge in [0.2, 0.25) is 0 Å². The largest absolute Gasteiger partial charge is 0.488 e. The molecule has 1 aliphatic rings. The highest BCUT2D eigenvalue weighted by atomic mass is 16.5. The Bertz CT molecular complexity index is 1030. The van der Waals surface area contributed by atoms with E-state index in [1.807, 2.05) is 49.5 Å². The van der Waals surface area contributed by atoms with E-state index < -0.39 is 0 Å². The van der Waals surface area contributed by atoms with Crippen molar-refractivity contribution in [1.29, 1.82) is 5.26 Å². The maximum atomic E-state index is 9.38. The molecule has 0 radical (unpaired) electrons. The second-order valence-corrected chi connectivity index (χ2v) is 8.06. The first-order chi connectivity index (χ1) is 15.1. The molecule has 0 aromatic heterocycles. The second-order valence-electron chi connectivity index (χ2n) is 8.06. The summed E-state index contributed by atoms with van der Waals surface area (Å²) in [7, 11) is 3.92. The Hall–Kier alpha value is -3.55. The Morgan fingerprint density at radius 1 is 0.968 bits per heavy atom. The summed E-state index contributed by atoms with van der Waals surface area (Å²) in [6, 6.07) is 29.4. The van der Waals surface area contributed by atoms with Crippen molar-refractivity contribution in [2.24, 2.45) is 0 Å². The molecule has 0 aliphatic carbocycles. The fourth-order valence-electron chi connectivity index (χ4n) is 3.92. The number of benzene rings is 3. The normalized spacial score (nSPS) is 14.4. The molecule has 4 rings (SSSR count). The SMILES string of the molecule is CN(C)/C=C/c1cc(OC2CN(C(c3ccccc3)c3ccccc3)C2)ccc1C#N. The van der Waals surface area contributed by atoms with Gasteiger partial charge in [0.05, 0.1) is 17.7 Å². The molecule has 3 aromatic rings. The average Bonchev–Trinajstić information content (AvgIpc) is 2.77. The van der Waals surface area contributed by atoms with E-state index in [9.17, 15) is 5.26 Å². The molecule has 4 nitrogen and oxygen atoms in total. The maximum absolute atomic E-state index is 9.38. The van der Waals surface area contributed by atoms with Gasteiger partial charge < -0.3 is 9.64 Å². The van der Waals surface area contributed by atoms with Gasteiger partial charge >= 0.3 is 0 Å². The van der Waals surface area contributed by atoms with E-state index in [4.69, 9.17) is 4.74 Å². The molecule has 0 spiro atoms. The van der Waals surface area contributed by atoms with Gasteiger partial charge in [-0.2, -0.15) is 5.26 Å². The molecule has 1 saturated heterocycles. The third kappa shape index (κ3) is 4.96. The molecule has 0 saturated carbocycles. The highest BCUT2D eigenvalue weighted by Crippen LogP contribution is 2.33. The summed E-state index contributed by atoms with van der Waals surface area (Å²) in [5, 5.41) is 9.38. The van der Waals surface area contributed by atoms with E-state index in [0.29, 0.717) is 5.56 Å². The van der Waals surface area contributed by atoms with Crippen LogP contribution in [0.1, 0.15) is 28.3 Å². The first-order valence-corrected chi connectivity index (χ1v) is 10.5. The Balaban J connectivity index is 1.47. The molecule has 4 heteroatoms. The third-order valence-electron chi connectivity index (χ3n) is 5.47. The van der Waals surface area contributed by atoms with Crippen LogP contribution >= 0.6 is 0 Å². The predicted octanol–water partition coefficient (Wildman–Crippen LogP) is 4.94. The summed E-state index contributed by atoms with van der Waals surface area (Å²) in [5.41, 5.74) is 4.11. The quantitative estimate of drug-likeness (QED) is 0.554. The zero-order valence-electron chi connectivity index (χ0n) is 18.0. The molecule has 156 valence electrons. The zero-order valence-corrected chi connectivity index (χ0v) is 18.0. The standard InChI is InChI=1S/C27H27N3O/c1-29(2)16-15-23-17-25(14-13-24(23)18-28)31-26-19-30(20-26)27(21-9-5-3-6-10-21)22-11-7-4-8-12-22/h3-17,26-27H,19-20H2,1-2H3/b16-15+. The predicted molar refractivity (Wildman–Crippen MR) is 125 cm³/mol. The van der Waals surface area contributed by atoms with Gasteiger partial charge in [0.25, 0.3) is 0 Å². The van der Waals surface area contributed by atoms with E-state index >= 15 is 0 Å². The van der Waals surface area contributed by atoms with Gasteiger partial charge in [-0.05, 0) is 47.2 Å². The van der Waals surface area contributed by atoms with Crippen LogP contribution in [0.2, 0.25) is 0 Å². The lowest BCUT2D eigenvalue weighted by atomic mass is 9.94. The van der Waals surface area contributed by atoms with Gasteiger partial charge in [0, 0.05) is 27.2 Å². The summed E-state index contributed by atoms with van der Waals surface area (Å²) in [5.74, 6) is 0.804. The summed E-state index contributed by atoms with van der Waals surface area (Å²) >= 11 is 0. The number of likely N-dealkylation sites (tertiary alicyclic amines) is 1. The molecule has 0 bridgehead atoms. The molecule has 3 aromatic carbocycles. The van der Waals surface area contributed by atoms with Crippen LogP contribution < -0.4 is 4.74 Å². The van der Waals surface area contributed by atoms with Crippen molar-refractivity contribution in [3.05, 3.63) is 107 Å². The molecule has 0 unspecified atom stereocenters. The topological polar surface area (TPSA) is 39.5 Å². The van der Waals surface area contributed by atoms with Crippen LogP contribution in [-0.4, -0.2) is 43.1 Å². The van der Waals surface area contributed by atoms with Crippen molar-refractivity contribution in [1.82, 2.24) is 9.80 Å². The average molecular weight is 410 g/mol. The van der Waals surface area contributed by atoms with Gasteiger partial charge in [-0.3, -0.25) is 4.90 Å². The van der Waals surface area contributed by atoms with E-state index in [0.717, 1.165) is 24.4 Å². The highest BCUT2D eigenvalue weighted by Gasteiger charge is 2.35. The van der Waals surface area contributed by atoms with Crippen LogP contribution in [0.3, 0.4) is 0 Å². The monoisotopic (exact) mass is 409 g/mol. The summed E-state index contributed by atoms with van der Waals surface area (Å²) in [4.78, 5) is 4.40. The van der Waals surface area contributed by atoms with Crippen LogP contribution in [0, 0.1) is 11.3 Å². The van der Waals surface area contributed by atoms with E-state index in [1.54, 1.807) is 0 Å². The fourth-order valence-corrected chi connectivity index (χ4v) is 3.92. The lowest BCUT2D eigenvalue weighted by Gasteiger charge is -2.44. The second kappa shape index (κ2) is 9.51. The Labute approximate surface area is 184 Å². The molecule has 31 heavy (non-hydrogen) atoms. The number of rotatable bonds is 7.